The summed E-state index contributed by atoms with van der Waals surface area (Å²) >= 11 is 0. The Balaban J connectivity index is 3.55. The number of hydrogen-bond acceptors (Lipinski definition) is 7. The topological polar surface area (TPSA) is 94.5 Å². The standard InChI is InChI=1S/C28H58NO7P/c1-5-6-7-8-9-10-11-12-13-14-15-16-17-18-19-20-21-27(30)24-34-25-28(33-4)26-36-37(31,32)35-23-22-29(2)3/h28H,5-26H2,1-4H3,(H,31,32). The molecule has 0 aromatic rings. The minimum absolute atomic E-state index is 0.0225. The summed E-state index contributed by atoms with van der Waals surface area (Å²) in [5, 5.41) is 0. The molecule has 37 heavy (non-hydrogen) atoms. The molecule has 0 radical (unpaired) electrons. The minimum atomic E-state index is -4.14. The quantitative estimate of drug-likeness (QED) is 0.0790. The first-order valence-electron chi connectivity index (χ1n) is 14.7. The Bertz CT molecular complexity index is 563. The van der Waals surface area contributed by atoms with Gasteiger partial charge in [0.25, 0.3) is 0 Å². The maximum atomic E-state index is 12.0. The van der Waals surface area contributed by atoms with Crippen LogP contribution < -0.4 is 0 Å². The van der Waals surface area contributed by atoms with Crippen molar-refractivity contribution in [3.63, 3.8) is 0 Å². The lowest BCUT2D eigenvalue weighted by molar-refractivity contribution is -0.125. The van der Waals surface area contributed by atoms with Gasteiger partial charge in [-0.25, -0.2) is 4.57 Å². The van der Waals surface area contributed by atoms with E-state index in [0.717, 1.165) is 12.8 Å². The van der Waals surface area contributed by atoms with Crippen LogP contribution in [0.1, 0.15) is 116 Å². The number of likely N-dealkylation sites (N-methyl/N-ethyl adjacent to an activating group) is 1. The number of methoxy groups -OCH3 is 1. The molecule has 0 bridgehead atoms. The number of carbonyl (C=O) groups is 1. The molecule has 0 spiro atoms. The molecular weight excluding hydrogens is 493 g/mol. The van der Waals surface area contributed by atoms with Crippen LogP contribution in [-0.4, -0.2) is 75.9 Å². The van der Waals surface area contributed by atoms with Crippen molar-refractivity contribution in [2.24, 2.45) is 0 Å². The van der Waals surface area contributed by atoms with E-state index in [4.69, 9.17) is 18.5 Å². The summed E-state index contributed by atoms with van der Waals surface area (Å²) in [6, 6.07) is 0. The van der Waals surface area contributed by atoms with Crippen LogP contribution in [0, 0.1) is 0 Å². The zero-order chi connectivity index (χ0) is 27.6. The molecule has 2 atom stereocenters. The van der Waals surface area contributed by atoms with Crippen LogP contribution in [0.5, 0.6) is 0 Å². The number of hydrogen-bond donors (Lipinski definition) is 1. The van der Waals surface area contributed by atoms with Gasteiger partial charge >= 0.3 is 7.82 Å². The average Bonchev–Trinajstić information content (AvgIpc) is 2.85. The molecule has 1 N–H and O–H groups in total. The number of phosphoric acid groups is 1. The number of Topliss-reactive ketones (excluding diaryl/α,β-unsaturated/α-hetero) is 1. The van der Waals surface area contributed by atoms with Crippen LogP contribution in [0.25, 0.3) is 0 Å². The van der Waals surface area contributed by atoms with Crippen LogP contribution in [-0.2, 0) is 27.9 Å². The van der Waals surface area contributed by atoms with Crippen molar-refractivity contribution in [2.75, 3.05) is 54.2 Å². The highest BCUT2D eigenvalue weighted by Crippen LogP contribution is 2.43. The molecule has 9 heteroatoms. The molecule has 2 unspecified atom stereocenters. The first-order chi connectivity index (χ1) is 17.8. The lowest BCUT2D eigenvalue weighted by Crippen LogP contribution is -2.26. The minimum Gasteiger partial charge on any atom is -0.377 e. The van der Waals surface area contributed by atoms with Gasteiger partial charge in [-0.2, -0.15) is 0 Å². The summed E-state index contributed by atoms with van der Waals surface area (Å²) < 4.78 is 32.4. The van der Waals surface area contributed by atoms with Gasteiger partial charge in [0.1, 0.15) is 12.7 Å². The second-order valence-electron chi connectivity index (χ2n) is 10.4. The highest BCUT2D eigenvalue weighted by atomic mass is 31.2. The highest BCUT2D eigenvalue weighted by molar-refractivity contribution is 7.47. The van der Waals surface area contributed by atoms with Crippen molar-refractivity contribution < 1.29 is 32.8 Å². The Labute approximate surface area is 227 Å². The first kappa shape index (κ1) is 36.7. The molecule has 8 nitrogen and oxygen atoms in total. The summed E-state index contributed by atoms with van der Waals surface area (Å²) in [4.78, 5) is 23.6. The van der Waals surface area contributed by atoms with E-state index in [-0.39, 0.29) is 32.2 Å². The zero-order valence-corrected chi connectivity index (χ0v) is 25.3. The fraction of sp³-hybridized carbons (Fsp3) is 0.964. The van der Waals surface area contributed by atoms with Crippen molar-refractivity contribution in [3.8, 4) is 0 Å². The summed E-state index contributed by atoms with van der Waals surface area (Å²) in [6.07, 6.45) is 20.9. The second kappa shape index (κ2) is 25.9. The second-order valence-corrected chi connectivity index (χ2v) is 11.8. The van der Waals surface area contributed by atoms with Crippen molar-refractivity contribution in [2.45, 2.75) is 122 Å². The summed E-state index contributed by atoms with van der Waals surface area (Å²) in [7, 11) is 1.01. The SMILES string of the molecule is CCCCCCCCCCCCCCCCCCC(=O)COCC(COP(=O)(O)OCCN(C)C)OC. The van der Waals surface area contributed by atoms with Gasteiger partial charge in [0.2, 0.25) is 0 Å². The van der Waals surface area contributed by atoms with E-state index in [9.17, 15) is 14.3 Å². The number of phosphoric ester groups is 1. The number of rotatable bonds is 29. The molecule has 0 saturated heterocycles. The zero-order valence-electron chi connectivity index (χ0n) is 24.4. The third-order valence-corrected chi connectivity index (χ3v) is 7.41. The normalized spacial score (nSPS) is 14.2. The van der Waals surface area contributed by atoms with Crippen LogP contribution in [0.4, 0.5) is 0 Å². The van der Waals surface area contributed by atoms with Gasteiger partial charge in [0.05, 0.1) is 19.8 Å². The number of nitrogens with zero attached hydrogens (tertiary/aromatic N) is 1. The molecule has 0 aliphatic rings. The summed E-state index contributed by atoms with van der Waals surface area (Å²) in [5.74, 6) is 0.0704. The third-order valence-electron chi connectivity index (χ3n) is 6.43. The molecule has 222 valence electrons. The molecule has 0 aromatic heterocycles. The third kappa shape index (κ3) is 27.0. The predicted octanol–water partition coefficient (Wildman–Crippen LogP) is 6.93. The largest absolute Gasteiger partial charge is 0.472 e. The molecular formula is C28H58NO7P. The molecule has 0 aliphatic heterocycles. The molecule has 0 heterocycles. The Morgan fingerprint density at radius 1 is 0.784 bits per heavy atom. The van der Waals surface area contributed by atoms with E-state index in [1.807, 2.05) is 19.0 Å². The van der Waals surface area contributed by atoms with E-state index in [1.165, 1.54) is 97.0 Å². The van der Waals surface area contributed by atoms with E-state index < -0.39 is 13.9 Å². The van der Waals surface area contributed by atoms with Gasteiger partial charge in [-0.05, 0) is 20.5 Å². The monoisotopic (exact) mass is 551 g/mol. The molecule has 0 saturated carbocycles. The lowest BCUT2D eigenvalue weighted by Gasteiger charge is -2.18. The van der Waals surface area contributed by atoms with E-state index in [2.05, 4.69) is 6.92 Å². The van der Waals surface area contributed by atoms with Crippen molar-refractivity contribution in [1.29, 1.82) is 0 Å². The molecule has 0 rings (SSSR count). The Morgan fingerprint density at radius 2 is 1.27 bits per heavy atom. The van der Waals surface area contributed by atoms with Gasteiger partial charge in [0.15, 0.2) is 5.78 Å². The Kier molecular flexibility index (Phi) is 25.7. The number of ether oxygens (including phenoxy) is 2. The molecule has 0 fully saturated rings. The summed E-state index contributed by atoms with van der Waals surface area (Å²) in [6.45, 7) is 2.84. The number of ketones is 1. The van der Waals surface area contributed by atoms with Crippen LogP contribution in [0.15, 0.2) is 0 Å². The van der Waals surface area contributed by atoms with Gasteiger partial charge < -0.3 is 19.3 Å². The molecule has 0 aromatic carbocycles. The van der Waals surface area contributed by atoms with E-state index in [0.29, 0.717) is 13.0 Å². The van der Waals surface area contributed by atoms with Gasteiger partial charge in [-0.1, -0.05) is 103 Å². The first-order valence-corrected chi connectivity index (χ1v) is 16.2. The fourth-order valence-electron chi connectivity index (χ4n) is 3.98. The van der Waals surface area contributed by atoms with Gasteiger partial charge in [0, 0.05) is 20.1 Å². The van der Waals surface area contributed by atoms with Crippen molar-refractivity contribution in [3.05, 3.63) is 0 Å². The lowest BCUT2D eigenvalue weighted by atomic mass is 10.0. The Hall–Kier alpha value is -0.340. The predicted molar refractivity (Wildman–Crippen MR) is 151 cm³/mol. The Morgan fingerprint density at radius 3 is 1.73 bits per heavy atom. The highest BCUT2D eigenvalue weighted by Gasteiger charge is 2.23. The summed E-state index contributed by atoms with van der Waals surface area (Å²) in [5.41, 5.74) is 0. The van der Waals surface area contributed by atoms with Gasteiger partial charge in [-0.15, -0.1) is 0 Å². The fourth-order valence-corrected chi connectivity index (χ4v) is 4.73. The van der Waals surface area contributed by atoms with Crippen LogP contribution >= 0.6 is 7.82 Å². The van der Waals surface area contributed by atoms with Crippen LogP contribution in [0.3, 0.4) is 0 Å². The van der Waals surface area contributed by atoms with E-state index >= 15 is 0 Å². The van der Waals surface area contributed by atoms with Crippen LogP contribution in [0.2, 0.25) is 0 Å². The number of unbranched alkanes of at least 4 members (excludes halogenated alkanes) is 15. The average molecular weight is 552 g/mol. The van der Waals surface area contributed by atoms with Crippen molar-refractivity contribution >= 4 is 13.6 Å². The molecule has 0 amide bonds. The maximum Gasteiger partial charge on any atom is 0.472 e. The maximum absolute atomic E-state index is 12.0. The van der Waals surface area contributed by atoms with Crippen molar-refractivity contribution in [1.82, 2.24) is 4.90 Å². The van der Waals surface area contributed by atoms with E-state index in [1.54, 1.807) is 0 Å². The van der Waals surface area contributed by atoms with Gasteiger partial charge in [-0.3, -0.25) is 13.8 Å². The molecule has 0 aliphatic carbocycles. The number of carbonyl (C=O) groups excluding carboxylic acids is 1. The smallest absolute Gasteiger partial charge is 0.377 e.